The molecule has 2 rings (SSSR count). The topological polar surface area (TPSA) is 72.9 Å². The number of aryl methyl sites for hydroxylation is 1. The third-order valence-electron chi connectivity index (χ3n) is 3.73. The maximum absolute atomic E-state index is 12.9. The minimum absolute atomic E-state index is 0.138. The van der Waals surface area contributed by atoms with Gasteiger partial charge in [-0.3, -0.25) is 0 Å². The number of carbonyl (C=O) groups is 1. The van der Waals surface area contributed by atoms with E-state index in [2.05, 4.69) is 4.74 Å². The quantitative estimate of drug-likeness (QED) is 0.788. The van der Waals surface area contributed by atoms with Crippen molar-refractivity contribution in [1.82, 2.24) is 4.31 Å². The molecule has 1 aliphatic rings. The number of ether oxygens (including phenoxy) is 2. The predicted molar refractivity (Wildman–Crippen MR) is 81.3 cm³/mol. The summed E-state index contributed by atoms with van der Waals surface area (Å²) in [5.74, 6) is -0.486. The SMILES string of the molecule is COC(=O)c1ccc(S(=O)(=O)N2C[C@@H](C)OC[C@H]2C)c(C)c1. The molecule has 1 saturated heterocycles. The van der Waals surface area contributed by atoms with Crippen LogP contribution in [0.5, 0.6) is 0 Å². The Kier molecular flexibility index (Phi) is 4.89. The Balaban J connectivity index is 2.39. The van der Waals surface area contributed by atoms with Gasteiger partial charge in [0, 0.05) is 12.6 Å². The number of benzene rings is 1. The van der Waals surface area contributed by atoms with E-state index < -0.39 is 16.0 Å². The van der Waals surface area contributed by atoms with Gasteiger partial charge < -0.3 is 9.47 Å². The molecule has 0 spiro atoms. The number of nitrogens with zero attached hydrogens (tertiary/aromatic N) is 1. The van der Waals surface area contributed by atoms with Crippen LogP contribution in [0.25, 0.3) is 0 Å². The maximum Gasteiger partial charge on any atom is 0.337 e. The number of rotatable bonds is 3. The van der Waals surface area contributed by atoms with Crippen LogP contribution >= 0.6 is 0 Å². The first-order valence-corrected chi connectivity index (χ1v) is 8.53. The predicted octanol–water partition coefficient (Wildman–Crippen LogP) is 1.58. The van der Waals surface area contributed by atoms with Crippen molar-refractivity contribution in [3.63, 3.8) is 0 Å². The fraction of sp³-hybridized carbons (Fsp3) is 0.533. The van der Waals surface area contributed by atoms with Crippen molar-refractivity contribution in [2.24, 2.45) is 0 Å². The lowest BCUT2D eigenvalue weighted by molar-refractivity contribution is -0.0170. The molecule has 1 aromatic carbocycles. The molecule has 0 radical (unpaired) electrons. The standard InChI is InChI=1S/C15H21NO5S/c1-10-7-13(15(17)20-4)5-6-14(10)22(18,19)16-8-12(3)21-9-11(16)2/h5-7,11-12H,8-9H2,1-4H3/t11-,12-/m1/s1. The molecule has 1 heterocycles. The summed E-state index contributed by atoms with van der Waals surface area (Å²) in [6.07, 6.45) is -0.138. The van der Waals surface area contributed by atoms with E-state index >= 15 is 0 Å². The van der Waals surface area contributed by atoms with Gasteiger partial charge in [-0.2, -0.15) is 4.31 Å². The minimum Gasteiger partial charge on any atom is -0.465 e. The second kappa shape index (κ2) is 6.36. The van der Waals surface area contributed by atoms with E-state index in [1.165, 1.54) is 29.6 Å². The largest absolute Gasteiger partial charge is 0.465 e. The zero-order valence-electron chi connectivity index (χ0n) is 13.2. The number of methoxy groups -OCH3 is 1. The minimum atomic E-state index is -3.62. The Morgan fingerprint density at radius 1 is 1.36 bits per heavy atom. The second-order valence-corrected chi connectivity index (χ2v) is 7.40. The van der Waals surface area contributed by atoms with Crippen LogP contribution in [0.3, 0.4) is 0 Å². The Bertz CT molecular complexity index is 671. The number of sulfonamides is 1. The molecule has 1 fully saturated rings. The molecule has 1 aliphatic heterocycles. The average molecular weight is 327 g/mol. The highest BCUT2D eigenvalue weighted by atomic mass is 32.2. The van der Waals surface area contributed by atoms with Crippen molar-refractivity contribution in [2.75, 3.05) is 20.3 Å². The van der Waals surface area contributed by atoms with Crippen molar-refractivity contribution < 1.29 is 22.7 Å². The lowest BCUT2D eigenvalue weighted by Gasteiger charge is -2.36. The molecule has 0 aliphatic carbocycles. The van der Waals surface area contributed by atoms with Gasteiger partial charge in [0.05, 0.1) is 30.3 Å². The lowest BCUT2D eigenvalue weighted by Crippen LogP contribution is -2.50. The van der Waals surface area contributed by atoms with Gasteiger partial charge in [-0.25, -0.2) is 13.2 Å². The van der Waals surface area contributed by atoms with Crippen LogP contribution in [0.4, 0.5) is 0 Å². The molecule has 1 aromatic rings. The first-order valence-electron chi connectivity index (χ1n) is 7.09. The van der Waals surface area contributed by atoms with Crippen LogP contribution in [0.1, 0.15) is 29.8 Å². The van der Waals surface area contributed by atoms with Gasteiger partial charge >= 0.3 is 5.97 Å². The summed E-state index contributed by atoms with van der Waals surface area (Å²) in [6.45, 7) is 6.04. The average Bonchev–Trinajstić information content (AvgIpc) is 2.48. The first-order chi connectivity index (χ1) is 10.3. The smallest absolute Gasteiger partial charge is 0.337 e. The van der Waals surface area contributed by atoms with Crippen LogP contribution in [0.2, 0.25) is 0 Å². The molecule has 2 atom stereocenters. The third-order valence-corrected chi connectivity index (χ3v) is 5.87. The summed E-state index contributed by atoms with van der Waals surface area (Å²) in [4.78, 5) is 11.7. The highest BCUT2D eigenvalue weighted by Gasteiger charge is 2.35. The van der Waals surface area contributed by atoms with E-state index in [0.29, 0.717) is 24.3 Å². The van der Waals surface area contributed by atoms with Gasteiger partial charge in [0.25, 0.3) is 0 Å². The number of morpholine rings is 1. The lowest BCUT2D eigenvalue weighted by atomic mass is 10.1. The Morgan fingerprint density at radius 2 is 2.05 bits per heavy atom. The first kappa shape index (κ1) is 16.9. The molecule has 22 heavy (non-hydrogen) atoms. The van der Waals surface area contributed by atoms with Gasteiger partial charge in [0.1, 0.15) is 0 Å². The van der Waals surface area contributed by atoms with Gasteiger partial charge in [0.2, 0.25) is 10.0 Å². The van der Waals surface area contributed by atoms with Crippen molar-refractivity contribution in [2.45, 2.75) is 37.8 Å². The highest BCUT2D eigenvalue weighted by molar-refractivity contribution is 7.89. The number of hydrogen-bond acceptors (Lipinski definition) is 5. The molecular formula is C15H21NO5S. The zero-order chi connectivity index (χ0) is 16.5. The Hall–Kier alpha value is -1.44. The molecule has 0 N–H and O–H groups in total. The molecule has 6 nitrogen and oxygen atoms in total. The van der Waals surface area contributed by atoms with Crippen LogP contribution in [-0.4, -0.2) is 51.1 Å². The summed E-state index contributed by atoms with van der Waals surface area (Å²) in [5, 5.41) is 0. The van der Waals surface area contributed by atoms with Crippen molar-refractivity contribution in [3.8, 4) is 0 Å². The van der Waals surface area contributed by atoms with Crippen molar-refractivity contribution in [3.05, 3.63) is 29.3 Å². The summed E-state index contributed by atoms with van der Waals surface area (Å²) in [5.41, 5.74) is 0.858. The zero-order valence-corrected chi connectivity index (χ0v) is 14.0. The number of hydrogen-bond donors (Lipinski definition) is 0. The summed E-state index contributed by atoms with van der Waals surface area (Å²) in [7, 11) is -2.33. The second-order valence-electron chi connectivity index (χ2n) is 5.54. The normalized spacial score (nSPS) is 23.3. The van der Waals surface area contributed by atoms with Crippen LogP contribution < -0.4 is 0 Å². The van der Waals surface area contributed by atoms with Gasteiger partial charge in [0.15, 0.2) is 0 Å². The summed E-state index contributed by atoms with van der Waals surface area (Å²) >= 11 is 0. The van der Waals surface area contributed by atoms with Gasteiger partial charge in [-0.15, -0.1) is 0 Å². The van der Waals surface area contributed by atoms with Crippen molar-refractivity contribution >= 4 is 16.0 Å². The van der Waals surface area contributed by atoms with E-state index in [4.69, 9.17) is 4.74 Å². The van der Waals surface area contributed by atoms with Crippen LogP contribution in [0.15, 0.2) is 23.1 Å². The summed E-state index contributed by atoms with van der Waals surface area (Å²) in [6, 6.07) is 4.25. The molecule has 0 amide bonds. The van der Waals surface area contributed by atoms with E-state index in [1.807, 2.05) is 13.8 Å². The molecule has 0 saturated carbocycles. The van der Waals surface area contributed by atoms with Crippen molar-refractivity contribution in [1.29, 1.82) is 0 Å². The number of esters is 1. The molecule has 7 heteroatoms. The van der Waals surface area contributed by atoms with Crippen LogP contribution in [-0.2, 0) is 19.5 Å². The maximum atomic E-state index is 12.9. The highest BCUT2D eigenvalue weighted by Crippen LogP contribution is 2.25. The molecule has 0 bridgehead atoms. The fourth-order valence-corrected chi connectivity index (χ4v) is 4.42. The molecular weight excluding hydrogens is 306 g/mol. The van der Waals surface area contributed by atoms with Gasteiger partial charge in [-0.1, -0.05) is 0 Å². The van der Waals surface area contributed by atoms with E-state index in [-0.39, 0.29) is 17.0 Å². The van der Waals surface area contributed by atoms with Crippen LogP contribution in [0, 0.1) is 6.92 Å². The van der Waals surface area contributed by atoms with E-state index in [0.717, 1.165) is 0 Å². The monoisotopic (exact) mass is 327 g/mol. The fourth-order valence-electron chi connectivity index (χ4n) is 2.52. The van der Waals surface area contributed by atoms with E-state index in [1.54, 1.807) is 6.92 Å². The summed E-state index contributed by atoms with van der Waals surface area (Å²) < 4.78 is 37.3. The Labute approximate surface area is 131 Å². The Morgan fingerprint density at radius 3 is 2.64 bits per heavy atom. The number of carbonyl (C=O) groups excluding carboxylic acids is 1. The molecule has 0 aromatic heterocycles. The van der Waals surface area contributed by atoms with E-state index in [9.17, 15) is 13.2 Å². The molecule has 0 unspecified atom stereocenters. The third kappa shape index (κ3) is 3.16. The van der Waals surface area contributed by atoms with Gasteiger partial charge in [-0.05, 0) is 44.5 Å². The molecule has 122 valence electrons.